The Hall–Kier alpha value is -1.13. The summed E-state index contributed by atoms with van der Waals surface area (Å²) in [5, 5.41) is 12.8. The highest BCUT2D eigenvalue weighted by molar-refractivity contribution is 5.47. The fraction of sp³-hybridized carbons (Fsp3) is 0.643. The van der Waals surface area contributed by atoms with Crippen LogP contribution in [0.1, 0.15) is 38.8 Å². The van der Waals surface area contributed by atoms with E-state index in [0.29, 0.717) is 0 Å². The minimum absolute atomic E-state index is 0.272. The van der Waals surface area contributed by atoms with E-state index in [1.54, 1.807) is 0 Å². The van der Waals surface area contributed by atoms with Gasteiger partial charge in [-0.1, -0.05) is 13.0 Å². The zero-order valence-electron chi connectivity index (χ0n) is 11.8. The van der Waals surface area contributed by atoms with Gasteiger partial charge in [-0.2, -0.15) is 0 Å². The van der Waals surface area contributed by atoms with Crippen molar-refractivity contribution in [3.05, 3.63) is 23.9 Å². The molecule has 1 aromatic heterocycles. The highest BCUT2D eigenvalue weighted by Crippen LogP contribution is 2.23. The molecule has 2 unspecified atom stereocenters. The van der Waals surface area contributed by atoms with Gasteiger partial charge < -0.3 is 15.3 Å². The van der Waals surface area contributed by atoms with Crippen LogP contribution in [0.2, 0.25) is 0 Å². The van der Waals surface area contributed by atoms with E-state index in [0.717, 1.165) is 25.3 Å². The predicted octanol–water partition coefficient (Wildman–Crippen LogP) is 1.96. The molecule has 0 fully saturated rings. The number of aromatic nitrogens is 1. The molecule has 0 spiro atoms. The quantitative estimate of drug-likeness (QED) is 0.778. The van der Waals surface area contributed by atoms with E-state index in [1.807, 2.05) is 26.2 Å². The maximum absolute atomic E-state index is 9.35. The maximum Gasteiger partial charge on any atom is 0.133 e. The van der Waals surface area contributed by atoms with Gasteiger partial charge >= 0.3 is 0 Å². The van der Waals surface area contributed by atoms with Gasteiger partial charge in [0.25, 0.3) is 0 Å². The molecular formula is C14H25N3O. The van der Waals surface area contributed by atoms with Crippen molar-refractivity contribution in [1.82, 2.24) is 10.3 Å². The van der Waals surface area contributed by atoms with Crippen LogP contribution in [0.25, 0.3) is 0 Å². The van der Waals surface area contributed by atoms with Gasteiger partial charge in [0.1, 0.15) is 5.82 Å². The normalized spacial score (nSPS) is 14.3. The third kappa shape index (κ3) is 4.27. The second-order valence-electron chi connectivity index (χ2n) is 4.75. The summed E-state index contributed by atoms with van der Waals surface area (Å²) in [5.74, 6) is 0.992. The van der Waals surface area contributed by atoms with E-state index in [-0.39, 0.29) is 12.1 Å². The second kappa shape index (κ2) is 7.34. The van der Waals surface area contributed by atoms with E-state index in [1.165, 1.54) is 5.56 Å². The molecule has 0 saturated heterocycles. The first-order chi connectivity index (χ1) is 8.56. The second-order valence-corrected chi connectivity index (χ2v) is 4.75. The molecule has 0 aliphatic carbocycles. The number of hydrogen-bond donors (Lipinski definition) is 2. The van der Waals surface area contributed by atoms with Crippen LogP contribution in [0.3, 0.4) is 0 Å². The van der Waals surface area contributed by atoms with Crippen molar-refractivity contribution in [1.29, 1.82) is 0 Å². The first-order valence-electron chi connectivity index (χ1n) is 6.63. The Morgan fingerprint density at radius 1 is 1.44 bits per heavy atom. The van der Waals surface area contributed by atoms with E-state index in [4.69, 9.17) is 0 Å². The Morgan fingerprint density at radius 3 is 2.78 bits per heavy atom. The van der Waals surface area contributed by atoms with E-state index >= 15 is 0 Å². The van der Waals surface area contributed by atoms with Crippen LogP contribution in [-0.2, 0) is 0 Å². The summed E-state index contributed by atoms with van der Waals surface area (Å²) in [6.07, 6.45) is 2.30. The summed E-state index contributed by atoms with van der Waals surface area (Å²) in [6.45, 7) is 7.80. The third-order valence-electron chi connectivity index (χ3n) is 3.04. The summed E-state index contributed by atoms with van der Waals surface area (Å²) >= 11 is 0. The molecule has 0 aliphatic heterocycles. The SMILES string of the molecule is CCNC(C)c1cccnc1N(C)CCC(C)O. The zero-order valence-corrected chi connectivity index (χ0v) is 11.8. The number of rotatable bonds is 7. The molecule has 1 rings (SSSR count). The van der Waals surface area contributed by atoms with Gasteiger partial charge in [0.05, 0.1) is 6.10 Å². The fourth-order valence-electron chi connectivity index (χ4n) is 1.97. The smallest absolute Gasteiger partial charge is 0.133 e. The summed E-state index contributed by atoms with van der Waals surface area (Å²) in [7, 11) is 2.02. The van der Waals surface area contributed by atoms with Gasteiger partial charge in [-0.15, -0.1) is 0 Å². The molecule has 0 amide bonds. The summed E-state index contributed by atoms with van der Waals surface area (Å²) in [6, 6.07) is 4.36. The van der Waals surface area contributed by atoms with Crippen molar-refractivity contribution in [2.45, 2.75) is 39.3 Å². The predicted molar refractivity (Wildman–Crippen MR) is 75.9 cm³/mol. The molecule has 1 aromatic rings. The first kappa shape index (κ1) is 14.9. The number of aliphatic hydroxyl groups excluding tert-OH is 1. The summed E-state index contributed by atoms with van der Waals surface area (Å²) in [5.41, 5.74) is 1.20. The number of hydrogen-bond acceptors (Lipinski definition) is 4. The molecule has 1 heterocycles. The average molecular weight is 251 g/mol. The molecule has 102 valence electrons. The van der Waals surface area contributed by atoms with Crippen molar-refractivity contribution in [3.63, 3.8) is 0 Å². The third-order valence-corrected chi connectivity index (χ3v) is 3.04. The van der Waals surface area contributed by atoms with Gasteiger partial charge in [-0.05, 0) is 32.9 Å². The highest BCUT2D eigenvalue weighted by atomic mass is 16.3. The number of nitrogens with zero attached hydrogens (tertiary/aromatic N) is 2. The van der Waals surface area contributed by atoms with Crippen LogP contribution in [-0.4, -0.2) is 36.3 Å². The van der Waals surface area contributed by atoms with Crippen molar-refractivity contribution in [3.8, 4) is 0 Å². The Morgan fingerprint density at radius 2 is 2.17 bits per heavy atom. The largest absolute Gasteiger partial charge is 0.393 e. The van der Waals surface area contributed by atoms with Crippen LogP contribution in [0.15, 0.2) is 18.3 Å². The van der Waals surface area contributed by atoms with E-state index < -0.39 is 0 Å². The lowest BCUT2D eigenvalue weighted by molar-refractivity contribution is 0.187. The van der Waals surface area contributed by atoms with Crippen molar-refractivity contribution in [2.75, 3.05) is 25.0 Å². The van der Waals surface area contributed by atoms with E-state index in [9.17, 15) is 5.11 Å². The first-order valence-corrected chi connectivity index (χ1v) is 6.63. The molecular weight excluding hydrogens is 226 g/mol. The summed E-state index contributed by atoms with van der Waals surface area (Å²) < 4.78 is 0. The Bertz CT molecular complexity index is 355. The number of aliphatic hydroxyl groups is 1. The highest BCUT2D eigenvalue weighted by Gasteiger charge is 2.13. The van der Waals surface area contributed by atoms with Crippen molar-refractivity contribution >= 4 is 5.82 Å². The number of anilines is 1. The molecule has 2 N–H and O–H groups in total. The van der Waals surface area contributed by atoms with Crippen molar-refractivity contribution in [2.24, 2.45) is 0 Å². The van der Waals surface area contributed by atoms with Crippen molar-refractivity contribution < 1.29 is 5.11 Å². The van der Waals surface area contributed by atoms with Crippen LogP contribution in [0, 0.1) is 0 Å². The number of nitrogens with one attached hydrogen (secondary N) is 1. The zero-order chi connectivity index (χ0) is 13.5. The lowest BCUT2D eigenvalue weighted by atomic mass is 10.1. The van der Waals surface area contributed by atoms with Gasteiger partial charge in [-0.3, -0.25) is 0 Å². The average Bonchev–Trinajstić information content (AvgIpc) is 2.36. The van der Waals surface area contributed by atoms with Gasteiger partial charge in [0.2, 0.25) is 0 Å². The minimum atomic E-state index is -0.272. The monoisotopic (exact) mass is 251 g/mol. The van der Waals surface area contributed by atoms with Crippen LogP contribution in [0.5, 0.6) is 0 Å². The van der Waals surface area contributed by atoms with Crippen LogP contribution >= 0.6 is 0 Å². The van der Waals surface area contributed by atoms with Crippen LogP contribution in [0.4, 0.5) is 5.82 Å². The molecule has 0 aliphatic rings. The topological polar surface area (TPSA) is 48.4 Å². The molecule has 0 aromatic carbocycles. The minimum Gasteiger partial charge on any atom is -0.393 e. The standard InChI is InChI=1S/C14H25N3O/c1-5-15-12(3)13-7-6-9-16-14(13)17(4)10-8-11(2)18/h6-7,9,11-12,15,18H,5,8,10H2,1-4H3. The fourth-order valence-corrected chi connectivity index (χ4v) is 1.97. The molecule has 0 saturated carbocycles. The molecule has 0 radical (unpaired) electrons. The lowest BCUT2D eigenvalue weighted by Gasteiger charge is -2.24. The van der Waals surface area contributed by atoms with Gasteiger partial charge in [0, 0.05) is 31.4 Å². The molecule has 2 atom stereocenters. The Balaban J connectivity index is 2.80. The Labute approximate surface area is 110 Å². The van der Waals surface area contributed by atoms with Crippen LogP contribution < -0.4 is 10.2 Å². The van der Waals surface area contributed by atoms with E-state index in [2.05, 4.69) is 35.1 Å². The van der Waals surface area contributed by atoms with Gasteiger partial charge in [-0.25, -0.2) is 4.98 Å². The molecule has 18 heavy (non-hydrogen) atoms. The summed E-state index contributed by atoms with van der Waals surface area (Å²) in [4.78, 5) is 6.57. The van der Waals surface area contributed by atoms with Gasteiger partial charge in [0.15, 0.2) is 0 Å². The number of pyridine rings is 1. The maximum atomic E-state index is 9.35. The molecule has 4 nitrogen and oxygen atoms in total. The molecule has 4 heteroatoms. The Kier molecular flexibility index (Phi) is 6.09. The lowest BCUT2D eigenvalue weighted by Crippen LogP contribution is -2.26. The molecule has 0 bridgehead atoms.